The molecule has 1 aromatic rings. The maximum atomic E-state index is 6.27. The van der Waals surface area contributed by atoms with E-state index in [1.807, 2.05) is 18.5 Å². The van der Waals surface area contributed by atoms with Gasteiger partial charge in [0.2, 0.25) is 0 Å². The first-order valence-corrected chi connectivity index (χ1v) is 8.39. The van der Waals surface area contributed by atoms with Crippen molar-refractivity contribution in [2.75, 3.05) is 26.2 Å². The topological polar surface area (TPSA) is 45.4 Å². The summed E-state index contributed by atoms with van der Waals surface area (Å²) in [7, 11) is 0. The molecule has 0 spiro atoms. The van der Waals surface area contributed by atoms with Crippen LogP contribution in [-0.4, -0.2) is 53.0 Å². The van der Waals surface area contributed by atoms with Gasteiger partial charge in [-0.2, -0.15) is 0 Å². The summed E-state index contributed by atoms with van der Waals surface area (Å²) in [6, 6.07) is 5.44. The van der Waals surface area contributed by atoms with Gasteiger partial charge in [0.25, 0.3) is 0 Å². The number of hydrogen-bond acceptors (Lipinski definition) is 4. The van der Waals surface area contributed by atoms with E-state index in [1.165, 1.54) is 44.3 Å². The highest BCUT2D eigenvalue weighted by atomic mass is 15.3. The molecule has 0 bridgehead atoms. The molecule has 4 heteroatoms. The standard InChI is InChI=1S/C17H28N4/c1-14(18)17(15-5-4-8-19-13-15)21-11-9-20(10-12-21)16-6-2-3-7-16/h4-5,8,13-14,16-17H,2-3,6-7,9-12,18H2,1H3. The maximum Gasteiger partial charge on any atom is 0.0512 e. The van der Waals surface area contributed by atoms with Crippen molar-refractivity contribution in [2.24, 2.45) is 5.73 Å². The lowest BCUT2D eigenvalue weighted by atomic mass is 10.00. The molecule has 21 heavy (non-hydrogen) atoms. The highest BCUT2D eigenvalue weighted by molar-refractivity contribution is 5.16. The van der Waals surface area contributed by atoms with Gasteiger partial charge in [0.1, 0.15) is 0 Å². The lowest BCUT2D eigenvalue weighted by molar-refractivity contribution is 0.0632. The molecular formula is C17H28N4. The third kappa shape index (κ3) is 3.44. The minimum atomic E-state index is 0.132. The Bertz CT molecular complexity index is 420. The lowest BCUT2D eigenvalue weighted by Crippen LogP contribution is -2.53. The number of piperazine rings is 1. The largest absolute Gasteiger partial charge is 0.326 e. The van der Waals surface area contributed by atoms with Gasteiger partial charge in [0.05, 0.1) is 6.04 Å². The molecule has 2 atom stereocenters. The number of hydrogen-bond donors (Lipinski definition) is 1. The summed E-state index contributed by atoms with van der Waals surface area (Å²) in [4.78, 5) is 9.52. The van der Waals surface area contributed by atoms with Crippen LogP contribution in [0, 0.1) is 0 Å². The highest BCUT2D eigenvalue weighted by Crippen LogP contribution is 2.28. The van der Waals surface area contributed by atoms with E-state index in [4.69, 9.17) is 5.73 Å². The van der Waals surface area contributed by atoms with Gasteiger partial charge in [-0.15, -0.1) is 0 Å². The fourth-order valence-corrected chi connectivity index (χ4v) is 4.05. The number of pyridine rings is 1. The van der Waals surface area contributed by atoms with Crippen LogP contribution in [0.25, 0.3) is 0 Å². The van der Waals surface area contributed by atoms with Gasteiger partial charge in [-0.3, -0.25) is 14.8 Å². The van der Waals surface area contributed by atoms with Gasteiger partial charge in [-0.1, -0.05) is 18.9 Å². The van der Waals surface area contributed by atoms with Gasteiger partial charge in [-0.05, 0) is 31.4 Å². The van der Waals surface area contributed by atoms with Crippen LogP contribution in [0.1, 0.15) is 44.2 Å². The molecule has 1 saturated heterocycles. The van der Waals surface area contributed by atoms with E-state index in [9.17, 15) is 0 Å². The second-order valence-corrected chi connectivity index (χ2v) is 6.60. The zero-order chi connectivity index (χ0) is 14.7. The molecular weight excluding hydrogens is 260 g/mol. The molecule has 2 heterocycles. The predicted octanol–water partition coefficient (Wildman–Crippen LogP) is 2.03. The molecule has 0 amide bonds. The summed E-state index contributed by atoms with van der Waals surface area (Å²) >= 11 is 0. The van der Waals surface area contributed by atoms with Gasteiger partial charge in [0, 0.05) is 50.7 Å². The van der Waals surface area contributed by atoms with Crippen molar-refractivity contribution in [2.45, 2.75) is 50.7 Å². The molecule has 0 aromatic carbocycles. The highest BCUT2D eigenvalue weighted by Gasteiger charge is 2.31. The Balaban J connectivity index is 1.63. The van der Waals surface area contributed by atoms with E-state index >= 15 is 0 Å². The minimum Gasteiger partial charge on any atom is -0.326 e. The van der Waals surface area contributed by atoms with Crippen LogP contribution in [0.5, 0.6) is 0 Å². The molecule has 2 aliphatic rings. The SMILES string of the molecule is CC(N)C(c1cccnc1)N1CCN(C2CCCC2)CC1. The molecule has 1 aromatic heterocycles. The quantitative estimate of drug-likeness (QED) is 0.921. The first kappa shape index (κ1) is 14.9. The van der Waals surface area contributed by atoms with Crippen LogP contribution in [0.2, 0.25) is 0 Å². The zero-order valence-electron chi connectivity index (χ0n) is 13.1. The van der Waals surface area contributed by atoms with E-state index in [0.29, 0.717) is 6.04 Å². The normalized spacial score (nSPS) is 25.0. The Morgan fingerprint density at radius 2 is 1.90 bits per heavy atom. The fourth-order valence-electron chi connectivity index (χ4n) is 4.05. The smallest absolute Gasteiger partial charge is 0.0512 e. The first-order valence-electron chi connectivity index (χ1n) is 8.39. The second kappa shape index (κ2) is 6.86. The average molecular weight is 288 g/mol. The van der Waals surface area contributed by atoms with Crippen LogP contribution in [0.3, 0.4) is 0 Å². The van der Waals surface area contributed by atoms with Crippen molar-refractivity contribution in [1.29, 1.82) is 0 Å². The Morgan fingerprint density at radius 1 is 1.19 bits per heavy atom. The summed E-state index contributed by atoms with van der Waals surface area (Å²) in [5, 5.41) is 0. The van der Waals surface area contributed by atoms with E-state index in [2.05, 4.69) is 27.8 Å². The third-order valence-electron chi connectivity index (χ3n) is 5.11. The van der Waals surface area contributed by atoms with Gasteiger partial charge < -0.3 is 5.73 Å². The Labute approximate surface area is 128 Å². The molecule has 2 N–H and O–H groups in total. The summed E-state index contributed by atoms with van der Waals surface area (Å²) in [5.74, 6) is 0. The minimum absolute atomic E-state index is 0.132. The van der Waals surface area contributed by atoms with Crippen LogP contribution < -0.4 is 5.73 Å². The summed E-state index contributed by atoms with van der Waals surface area (Å²) in [6.45, 7) is 6.73. The van der Waals surface area contributed by atoms with Crippen molar-refractivity contribution in [1.82, 2.24) is 14.8 Å². The number of aromatic nitrogens is 1. The molecule has 3 rings (SSSR count). The summed E-state index contributed by atoms with van der Waals surface area (Å²) in [6.07, 6.45) is 9.45. The predicted molar refractivity (Wildman–Crippen MR) is 86.0 cm³/mol. The number of nitrogens with zero attached hydrogens (tertiary/aromatic N) is 3. The number of rotatable bonds is 4. The van der Waals surface area contributed by atoms with Crippen molar-refractivity contribution >= 4 is 0 Å². The van der Waals surface area contributed by atoms with Crippen molar-refractivity contribution in [3.8, 4) is 0 Å². The van der Waals surface area contributed by atoms with Gasteiger partial charge in [-0.25, -0.2) is 0 Å². The van der Waals surface area contributed by atoms with Gasteiger partial charge >= 0.3 is 0 Å². The molecule has 2 unspecified atom stereocenters. The van der Waals surface area contributed by atoms with E-state index < -0.39 is 0 Å². The monoisotopic (exact) mass is 288 g/mol. The van der Waals surface area contributed by atoms with Crippen LogP contribution >= 0.6 is 0 Å². The zero-order valence-corrected chi connectivity index (χ0v) is 13.1. The molecule has 1 aliphatic carbocycles. The van der Waals surface area contributed by atoms with Crippen LogP contribution in [0.15, 0.2) is 24.5 Å². The summed E-state index contributed by atoms with van der Waals surface area (Å²) in [5.41, 5.74) is 7.52. The second-order valence-electron chi connectivity index (χ2n) is 6.60. The maximum absolute atomic E-state index is 6.27. The Kier molecular flexibility index (Phi) is 4.88. The average Bonchev–Trinajstić information content (AvgIpc) is 3.03. The molecule has 116 valence electrons. The number of nitrogens with two attached hydrogens (primary N) is 1. The van der Waals surface area contributed by atoms with E-state index in [1.54, 1.807) is 0 Å². The lowest BCUT2D eigenvalue weighted by Gasteiger charge is -2.42. The fraction of sp³-hybridized carbons (Fsp3) is 0.706. The van der Waals surface area contributed by atoms with Crippen LogP contribution in [-0.2, 0) is 0 Å². The first-order chi connectivity index (χ1) is 10.3. The van der Waals surface area contributed by atoms with Crippen molar-refractivity contribution in [3.05, 3.63) is 30.1 Å². The molecule has 1 saturated carbocycles. The third-order valence-corrected chi connectivity index (χ3v) is 5.11. The summed E-state index contributed by atoms with van der Waals surface area (Å²) < 4.78 is 0. The molecule has 0 radical (unpaired) electrons. The van der Waals surface area contributed by atoms with E-state index in [0.717, 1.165) is 19.1 Å². The van der Waals surface area contributed by atoms with Gasteiger partial charge in [0.15, 0.2) is 0 Å². The molecule has 2 fully saturated rings. The van der Waals surface area contributed by atoms with E-state index in [-0.39, 0.29) is 6.04 Å². The van der Waals surface area contributed by atoms with Crippen LogP contribution in [0.4, 0.5) is 0 Å². The molecule has 1 aliphatic heterocycles. The van der Waals surface area contributed by atoms with Crippen molar-refractivity contribution in [3.63, 3.8) is 0 Å². The molecule has 4 nitrogen and oxygen atoms in total. The van der Waals surface area contributed by atoms with Crippen molar-refractivity contribution < 1.29 is 0 Å². The Morgan fingerprint density at radius 3 is 2.48 bits per heavy atom. The Hall–Kier alpha value is -0.970.